The van der Waals surface area contributed by atoms with Crippen molar-refractivity contribution in [2.75, 3.05) is 7.05 Å². The maximum Gasteiger partial charge on any atom is 0.254 e. The second kappa shape index (κ2) is 6.01. The quantitative estimate of drug-likeness (QED) is 0.812. The van der Waals surface area contributed by atoms with Crippen LogP contribution in [0.25, 0.3) is 0 Å². The van der Waals surface area contributed by atoms with Crippen LogP contribution in [0.1, 0.15) is 21.6 Å². The first-order chi connectivity index (χ1) is 9.45. The van der Waals surface area contributed by atoms with E-state index >= 15 is 0 Å². The predicted molar refractivity (Wildman–Crippen MR) is 76.2 cm³/mol. The van der Waals surface area contributed by atoms with Gasteiger partial charge in [-0.05, 0) is 36.8 Å². The minimum Gasteiger partial charge on any atom is -0.337 e. The summed E-state index contributed by atoms with van der Waals surface area (Å²) in [6.07, 6.45) is 0. The molecule has 2 rings (SSSR count). The Hall–Kier alpha value is -1.94. The van der Waals surface area contributed by atoms with Crippen molar-refractivity contribution in [3.05, 3.63) is 64.2 Å². The Morgan fingerprint density at radius 3 is 2.55 bits per heavy atom. The molecular formula is C15H14ClFN2O. The lowest BCUT2D eigenvalue weighted by atomic mass is 10.1. The third kappa shape index (κ3) is 3.54. The fourth-order valence-electron chi connectivity index (χ4n) is 1.91. The topological polar surface area (TPSA) is 33.2 Å². The first-order valence-electron chi connectivity index (χ1n) is 6.10. The van der Waals surface area contributed by atoms with Gasteiger partial charge < -0.3 is 4.90 Å². The van der Waals surface area contributed by atoms with E-state index in [1.165, 1.54) is 18.2 Å². The molecule has 0 aliphatic heterocycles. The first-order valence-corrected chi connectivity index (χ1v) is 6.47. The summed E-state index contributed by atoms with van der Waals surface area (Å²) in [4.78, 5) is 17.9. The molecule has 20 heavy (non-hydrogen) atoms. The number of benzene rings is 1. The van der Waals surface area contributed by atoms with E-state index in [0.717, 1.165) is 5.56 Å². The van der Waals surface area contributed by atoms with Crippen molar-refractivity contribution in [3.63, 3.8) is 0 Å². The zero-order valence-electron chi connectivity index (χ0n) is 11.2. The average molecular weight is 293 g/mol. The Balaban J connectivity index is 2.14. The van der Waals surface area contributed by atoms with Gasteiger partial charge in [-0.2, -0.15) is 0 Å². The van der Waals surface area contributed by atoms with Gasteiger partial charge in [0.2, 0.25) is 0 Å². The third-order valence-corrected chi connectivity index (χ3v) is 3.04. The molecule has 0 atom stereocenters. The van der Waals surface area contributed by atoms with E-state index in [9.17, 15) is 9.18 Å². The fraction of sp³-hybridized carbons (Fsp3) is 0.200. The molecule has 104 valence electrons. The van der Waals surface area contributed by atoms with Gasteiger partial charge in [-0.1, -0.05) is 23.7 Å². The van der Waals surface area contributed by atoms with E-state index in [4.69, 9.17) is 11.6 Å². The monoisotopic (exact) mass is 292 g/mol. The number of halogens is 2. The van der Waals surface area contributed by atoms with Gasteiger partial charge in [0.1, 0.15) is 11.0 Å². The molecule has 1 aromatic heterocycles. The zero-order chi connectivity index (χ0) is 14.7. The summed E-state index contributed by atoms with van der Waals surface area (Å²) in [6.45, 7) is 2.18. The van der Waals surface area contributed by atoms with Crippen LogP contribution in [0.15, 0.2) is 36.4 Å². The van der Waals surface area contributed by atoms with Crippen LogP contribution in [0.2, 0.25) is 5.15 Å². The highest BCUT2D eigenvalue weighted by molar-refractivity contribution is 6.29. The van der Waals surface area contributed by atoms with E-state index in [1.54, 1.807) is 37.1 Å². The van der Waals surface area contributed by atoms with Crippen LogP contribution < -0.4 is 0 Å². The van der Waals surface area contributed by atoms with Crippen LogP contribution in [0.3, 0.4) is 0 Å². The van der Waals surface area contributed by atoms with E-state index < -0.39 is 0 Å². The second-order valence-electron chi connectivity index (χ2n) is 4.61. The van der Waals surface area contributed by atoms with Gasteiger partial charge in [-0.3, -0.25) is 4.79 Å². The van der Waals surface area contributed by atoms with Crippen molar-refractivity contribution >= 4 is 17.5 Å². The Kier molecular flexibility index (Phi) is 4.35. The highest BCUT2D eigenvalue weighted by Gasteiger charge is 2.13. The maximum absolute atomic E-state index is 12.8. The van der Waals surface area contributed by atoms with E-state index in [0.29, 0.717) is 23.0 Å². The smallest absolute Gasteiger partial charge is 0.254 e. The highest BCUT2D eigenvalue weighted by Crippen LogP contribution is 2.14. The molecule has 0 unspecified atom stereocenters. The van der Waals surface area contributed by atoms with Crippen LogP contribution in [-0.2, 0) is 6.54 Å². The van der Waals surface area contributed by atoms with Crippen LogP contribution >= 0.6 is 11.6 Å². The van der Waals surface area contributed by atoms with Gasteiger partial charge in [-0.25, -0.2) is 9.37 Å². The van der Waals surface area contributed by atoms with Crippen LogP contribution in [0.4, 0.5) is 4.39 Å². The molecule has 2 aromatic rings. The lowest BCUT2D eigenvalue weighted by molar-refractivity contribution is 0.0785. The van der Waals surface area contributed by atoms with Gasteiger partial charge in [0, 0.05) is 24.8 Å². The van der Waals surface area contributed by atoms with Gasteiger partial charge >= 0.3 is 0 Å². The number of carbonyl (C=O) groups is 1. The summed E-state index contributed by atoms with van der Waals surface area (Å²) < 4.78 is 12.8. The SMILES string of the molecule is Cc1cc(C(=O)N(C)Cc2ccc(F)cc2)cc(Cl)n1. The molecule has 5 heteroatoms. The number of hydrogen-bond donors (Lipinski definition) is 0. The molecule has 0 saturated carbocycles. The number of carbonyl (C=O) groups excluding carboxylic acids is 1. The predicted octanol–water partition coefficient (Wildman–Crippen LogP) is 3.45. The Morgan fingerprint density at radius 2 is 1.95 bits per heavy atom. The molecule has 0 fully saturated rings. The summed E-state index contributed by atoms with van der Waals surface area (Å²) in [6, 6.07) is 9.30. The number of rotatable bonds is 3. The van der Waals surface area contributed by atoms with Crippen molar-refractivity contribution in [1.29, 1.82) is 0 Å². The van der Waals surface area contributed by atoms with Crippen LogP contribution in [0, 0.1) is 12.7 Å². The Morgan fingerprint density at radius 1 is 1.30 bits per heavy atom. The third-order valence-electron chi connectivity index (χ3n) is 2.85. The summed E-state index contributed by atoms with van der Waals surface area (Å²) in [5, 5.41) is 0.295. The van der Waals surface area contributed by atoms with Crippen molar-refractivity contribution < 1.29 is 9.18 Å². The van der Waals surface area contributed by atoms with Gasteiger partial charge in [0.05, 0.1) is 0 Å². The molecular weight excluding hydrogens is 279 g/mol. The average Bonchev–Trinajstić information content (AvgIpc) is 2.39. The fourth-order valence-corrected chi connectivity index (χ4v) is 2.16. The number of amides is 1. The Bertz CT molecular complexity index is 608. The number of pyridine rings is 1. The minimum absolute atomic E-state index is 0.151. The molecule has 0 aliphatic rings. The molecule has 0 spiro atoms. The summed E-state index contributed by atoms with van der Waals surface area (Å²) >= 11 is 5.85. The summed E-state index contributed by atoms with van der Waals surface area (Å²) in [5.41, 5.74) is 2.04. The molecule has 1 heterocycles. The van der Waals surface area contributed by atoms with E-state index in [-0.39, 0.29) is 11.7 Å². The van der Waals surface area contributed by atoms with Crippen molar-refractivity contribution in [3.8, 4) is 0 Å². The summed E-state index contributed by atoms with van der Waals surface area (Å²) in [7, 11) is 1.69. The van der Waals surface area contributed by atoms with Gasteiger partial charge in [0.25, 0.3) is 5.91 Å². The standard InChI is InChI=1S/C15H14ClFN2O/c1-10-7-12(8-14(16)18-10)15(20)19(2)9-11-3-5-13(17)6-4-11/h3-8H,9H2,1-2H3. The van der Waals surface area contributed by atoms with E-state index in [2.05, 4.69) is 4.98 Å². The lowest BCUT2D eigenvalue weighted by Gasteiger charge is -2.17. The second-order valence-corrected chi connectivity index (χ2v) is 4.99. The minimum atomic E-state index is -0.292. The van der Waals surface area contributed by atoms with Crippen LogP contribution in [-0.4, -0.2) is 22.8 Å². The molecule has 1 aromatic carbocycles. The normalized spacial score (nSPS) is 10.4. The molecule has 0 bridgehead atoms. The van der Waals surface area contributed by atoms with Crippen molar-refractivity contribution in [2.45, 2.75) is 13.5 Å². The molecule has 1 amide bonds. The highest BCUT2D eigenvalue weighted by atomic mass is 35.5. The Labute approximate surface area is 122 Å². The first kappa shape index (κ1) is 14.5. The molecule has 0 saturated heterocycles. The molecule has 0 aliphatic carbocycles. The van der Waals surface area contributed by atoms with Crippen molar-refractivity contribution in [1.82, 2.24) is 9.88 Å². The molecule has 0 radical (unpaired) electrons. The zero-order valence-corrected chi connectivity index (χ0v) is 12.0. The number of hydrogen-bond acceptors (Lipinski definition) is 2. The van der Waals surface area contributed by atoms with E-state index in [1.807, 2.05) is 0 Å². The number of nitrogens with zero attached hydrogens (tertiary/aromatic N) is 2. The molecule has 0 N–H and O–H groups in total. The van der Waals surface area contributed by atoms with Gasteiger partial charge in [-0.15, -0.1) is 0 Å². The maximum atomic E-state index is 12.8. The van der Waals surface area contributed by atoms with Crippen molar-refractivity contribution in [2.24, 2.45) is 0 Å². The summed E-state index contributed by atoms with van der Waals surface area (Å²) in [5.74, 6) is -0.444. The van der Waals surface area contributed by atoms with Gasteiger partial charge in [0.15, 0.2) is 0 Å². The largest absolute Gasteiger partial charge is 0.337 e. The molecule has 3 nitrogen and oxygen atoms in total. The van der Waals surface area contributed by atoms with Crippen LogP contribution in [0.5, 0.6) is 0 Å². The number of aryl methyl sites for hydroxylation is 1. The lowest BCUT2D eigenvalue weighted by Crippen LogP contribution is -2.26. The number of aromatic nitrogens is 1.